The van der Waals surface area contributed by atoms with Crippen LogP contribution in [0.15, 0.2) is 48.5 Å². The molecule has 0 fully saturated rings. The molecule has 0 N–H and O–H groups in total. The maximum atomic E-state index is 12.4. The summed E-state index contributed by atoms with van der Waals surface area (Å²) in [6.45, 7) is 4.05. The van der Waals surface area contributed by atoms with Gasteiger partial charge in [-0.25, -0.2) is 4.79 Å². The number of pyridine rings is 1. The highest BCUT2D eigenvalue weighted by Crippen LogP contribution is 2.19. The van der Waals surface area contributed by atoms with E-state index in [9.17, 15) is 4.79 Å². The molecule has 4 heteroatoms. The summed E-state index contributed by atoms with van der Waals surface area (Å²) in [5.41, 5.74) is 4.09. The molecule has 0 aliphatic carbocycles. The van der Waals surface area contributed by atoms with E-state index >= 15 is 0 Å². The van der Waals surface area contributed by atoms with Crippen LogP contribution < -0.4 is 4.74 Å². The van der Waals surface area contributed by atoms with Crippen molar-refractivity contribution in [2.45, 2.75) is 20.5 Å². The lowest BCUT2D eigenvalue weighted by Gasteiger charge is -2.09. The number of methoxy groups -OCH3 is 1. The Morgan fingerprint density at radius 2 is 1.79 bits per heavy atom. The highest BCUT2D eigenvalue weighted by Gasteiger charge is 2.13. The number of hydrogen-bond acceptors (Lipinski definition) is 4. The van der Waals surface area contributed by atoms with E-state index in [0.29, 0.717) is 11.3 Å². The van der Waals surface area contributed by atoms with Crippen LogP contribution in [0.5, 0.6) is 5.75 Å². The minimum atomic E-state index is -0.362. The smallest absolute Gasteiger partial charge is 0.340 e. The van der Waals surface area contributed by atoms with Crippen molar-refractivity contribution in [3.8, 4) is 5.75 Å². The molecule has 1 heterocycles. The number of esters is 1. The molecular formula is C20H19NO3. The molecule has 0 bridgehead atoms. The quantitative estimate of drug-likeness (QED) is 0.675. The Morgan fingerprint density at radius 3 is 2.50 bits per heavy atom. The van der Waals surface area contributed by atoms with E-state index < -0.39 is 0 Å². The Morgan fingerprint density at radius 1 is 1.04 bits per heavy atom. The van der Waals surface area contributed by atoms with Crippen LogP contribution in [0.25, 0.3) is 10.9 Å². The average molecular weight is 321 g/mol. The second-order valence-electron chi connectivity index (χ2n) is 5.74. The lowest BCUT2D eigenvalue weighted by atomic mass is 10.1. The van der Waals surface area contributed by atoms with Crippen molar-refractivity contribution in [2.24, 2.45) is 0 Å². The Balaban J connectivity index is 1.78. The van der Waals surface area contributed by atoms with E-state index in [4.69, 9.17) is 9.47 Å². The van der Waals surface area contributed by atoms with Crippen LogP contribution in [-0.4, -0.2) is 18.1 Å². The van der Waals surface area contributed by atoms with Gasteiger partial charge >= 0.3 is 5.97 Å². The highest BCUT2D eigenvalue weighted by molar-refractivity contribution is 5.95. The van der Waals surface area contributed by atoms with Gasteiger partial charge in [0.25, 0.3) is 0 Å². The predicted octanol–water partition coefficient (Wildman–Crippen LogP) is 4.22. The number of carbonyl (C=O) groups excluding carboxylic acids is 1. The first-order valence-electron chi connectivity index (χ1n) is 7.75. The van der Waals surface area contributed by atoms with Crippen molar-refractivity contribution < 1.29 is 14.3 Å². The van der Waals surface area contributed by atoms with Crippen molar-refractivity contribution in [1.82, 2.24) is 4.98 Å². The van der Waals surface area contributed by atoms with Gasteiger partial charge in [0.05, 0.1) is 23.9 Å². The van der Waals surface area contributed by atoms with Crippen LogP contribution in [0.2, 0.25) is 0 Å². The molecule has 3 aromatic rings. The molecule has 3 rings (SSSR count). The van der Waals surface area contributed by atoms with Crippen LogP contribution in [0, 0.1) is 13.8 Å². The van der Waals surface area contributed by atoms with Gasteiger partial charge < -0.3 is 9.47 Å². The van der Waals surface area contributed by atoms with Gasteiger partial charge in [0.15, 0.2) is 0 Å². The Bertz CT molecular complexity index is 885. The van der Waals surface area contributed by atoms with Gasteiger partial charge in [0.2, 0.25) is 0 Å². The fourth-order valence-corrected chi connectivity index (χ4v) is 2.55. The summed E-state index contributed by atoms with van der Waals surface area (Å²) in [7, 11) is 1.62. The zero-order valence-corrected chi connectivity index (χ0v) is 14.0. The third-order valence-corrected chi connectivity index (χ3v) is 3.91. The number of ether oxygens (including phenoxy) is 2. The van der Waals surface area contributed by atoms with Gasteiger partial charge in [-0.2, -0.15) is 0 Å². The molecule has 0 aliphatic heterocycles. The van der Waals surface area contributed by atoms with Crippen molar-refractivity contribution in [2.75, 3.05) is 7.11 Å². The summed E-state index contributed by atoms with van der Waals surface area (Å²) in [4.78, 5) is 16.9. The molecular weight excluding hydrogens is 302 g/mol. The van der Waals surface area contributed by atoms with E-state index in [1.807, 2.05) is 62.4 Å². The largest absolute Gasteiger partial charge is 0.497 e. The minimum absolute atomic E-state index is 0.216. The number of benzene rings is 2. The summed E-state index contributed by atoms with van der Waals surface area (Å²) in [5, 5.41) is 0.942. The number of rotatable bonds is 4. The lowest BCUT2D eigenvalue weighted by Crippen LogP contribution is -2.08. The summed E-state index contributed by atoms with van der Waals surface area (Å²) in [6.07, 6.45) is 0. The van der Waals surface area contributed by atoms with Gasteiger partial charge in [-0.05, 0) is 49.7 Å². The first-order chi connectivity index (χ1) is 11.6. The Kier molecular flexibility index (Phi) is 4.47. The minimum Gasteiger partial charge on any atom is -0.497 e. The number of aryl methyl sites for hydroxylation is 2. The fraction of sp³-hybridized carbons (Fsp3) is 0.200. The SMILES string of the molecule is COc1ccc(COC(=O)c2cc3cc(C)ccc3nc2C)cc1. The summed E-state index contributed by atoms with van der Waals surface area (Å²) < 4.78 is 10.5. The second kappa shape index (κ2) is 6.71. The maximum Gasteiger partial charge on any atom is 0.340 e. The molecule has 1 aromatic heterocycles. The molecule has 24 heavy (non-hydrogen) atoms. The fourth-order valence-electron chi connectivity index (χ4n) is 2.55. The van der Waals surface area contributed by atoms with E-state index in [2.05, 4.69) is 4.98 Å². The zero-order valence-electron chi connectivity index (χ0n) is 14.0. The van der Waals surface area contributed by atoms with Crippen LogP contribution >= 0.6 is 0 Å². The van der Waals surface area contributed by atoms with E-state index in [-0.39, 0.29) is 12.6 Å². The van der Waals surface area contributed by atoms with Gasteiger partial charge in [-0.15, -0.1) is 0 Å². The molecule has 4 nitrogen and oxygen atoms in total. The number of hydrogen-bond donors (Lipinski definition) is 0. The molecule has 0 radical (unpaired) electrons. The van der Waals surface area contributed by atoms with Crippen molar-refractivity contribution in [1.29, 1.82) is 0 Å². The Hall–Kier alpha value is -2.88. The average Bonchev–Trinajstić information content (AvgIpc) is 2.60. The maximum absolute atomic E-state index is 12.4. The van der Waals surface area contributed by atoms with E-state index in [1.54, 1.807) is 7.11 Å². The van der Waals surface area contributed by atoms with Crippen LogP contribution in [0.4, 0.5) is 0 Å². The first kappa shape index (κ1) is 16.0. The zero-order chi connectivity index (χ0) is 17.1. The third kappa shape index (κ3) is 3.38. The summed E-state index contributed by atoms with van der Waals surface area (Å²) in [5.74, 6) is 0.411. The lowest BCUT2D eigenvalue weighted by molar-refractivity contribution is 0.0471. The number of aromatic nitrogens is 1. The second-order valence-corrected chi connectivity index (χ2v) is 5.74. The van der Waals surface area contributed by atoms with E-state index in [1.165, 1.54) is 0 Å². The Labute approximate surface area is 141 Å². The number of fused-ring (bicyclic) bond motifs is 1. The molecule has 0 aliphatic rings. The van der Waals surface area contributed by atoms with Crippen LogP contribution in [-0.2, 0) is 11.3 Å². The van der Waals surface area contributed by atoms with E-state index in [0.717, 1.165) is 27.8 Å². The molecule has 0 saturated heterocycles. The molecule has 2 aromatic carbocycles. The van der Waals surface area contributed by atoms with Crippen molar-refractivity contribution in [3.63, 3.8) is 0 Å². The first-order valence-corrected chi connectivity index (χ1v) is 7.75. The summed E-state index contributed by atoms with van der Waals surface area (Å²) in [6, 6.07) is 15.3. The normalized spacial score (nSPS) is 10.6. The predicted molar refractivity (Wildman–Crippen MR) is 93.3 cm³/mol. The standard InChI is InChI=1S/C20H19NO3/c1-13-4-9-19-16(10-13)11-18(14(2)21-19)20(22)24-12-15-5-7-17(23-3)8-6-15/h4-11H,12H2,1-3H3. The monoisotopic (exact) mass is 321 g/mol. The molecule has 0 unspecified atom stereocenters. The molecule has 0 spiro atoms. The van der Waals surface area contributed by atoms with Gasteiger partial charge in [0, 0.05) is 5.39 Å². The molecule has 0 saturated carbocycles. The van der Waals surface area contributed by atoms with Crippen LogP contribution in [0.1, 0.15) is 27.2 Å². The molecule has 122 valence electrons. The van der Waals surface area contributed by atoms with Gasteiger partial charge in [0.1, 0.15) is 12.4 Å². The third-order valence-electron chi connectivity index (χ3n) is 3.91. The number of carbonyl (C=O) groups is 1. The van der Waals surface area contributed by atoms with Crippen LogP contribution in [0.3, 0.4) is 0 Å². The number of nitrogens with zero attached hydrogens (tertiary/aromatic N) is 1. The highest BCUT2D eigenvalue weighted by atomic mass is 16.5. The molecule has 0 atom stereocenters. The van der Waals surface area contributed by atoms with Crippen molar-refractivity contribution in [3.05, 3.63) is 70.9 Å². The summed E-state index contributed by atoms with van der Waals surface area (Å²) >= 11 is 0. The molecule has 0 amide bonds. The van der Waals surface area contributed by atoms with Crippen molar-refractivity contribution >= 4 is 16.9 Å². The van der Waals surface area contributed by atoms with Gasteiger partial charge in [-0.1, -0.05) is 23.8 Å². The van der Waals surface area contributed by atoms with Gasteiger partial charge in [-0.3, -0.25) is 4.98 Å². The topological polar surface area (TPSA) is 48.4 Å².